The molecule has 1 saturated carbocycles. The normalized spacial score (nSPS) is 28.7. The van der Waals surface area contributed by atoms with Crippen LogP contribution in [-0.2, 0) is 10.2 Å². The Kier molecular flexibility index (Phi) is 5.46. The average molecular weight is 350 g/mol. The molecule has 0 spiro atoms. The number of hydrogen-bond donors (Lipinski definition) is 3. The Bertz CT molecular complexity index is 589. The Morgan fingerprint density at radius 2 is 2.08 bits per heavy atom. The minimum absolute atomic E-state index is 0.0860. The van der Waals surface area contributed by atoms with Gasteiger partial charge < -0.3 is 15.2 Å². The minimum Gasteiger partial charge on any atom is -0.389 e. The molecule has 2 heterocycles. The average Bonchev–Trinajstić information content (AvgIpc) is 3.08. The number of aliphatic hydroxyl groups is 1. The minimum atomic E-state index is -0.558. The number of aliphatic hydroxyl groups excluding tert-OH is 1. The molecule has 1 amide bonds. The Hall–Kier alpha value is -1.44. The Labute approximate surface area is 149 Å². The van der Waals surface area contributed by atoms with E-state index in [9.17, 15) is 9.90 Å². The predicted molar refractivity (Wildman–Crippen MR) is 94.6 cm³/mol. The third-order valence-corrected chi connectivity index (χ3v) is 5.27. The first-order chi connectivity index (χ1) is 11.9. The second-order valence-corrected chi connectivity index (χ2v) is 8.13. The van der Waals surface area contributed by atoms with Crippen molar-refractivity contribution in [3.63, 3.8) is 0 Å². The maximum atomic E-state index is 12.5. The van der Waals surface area contributed by atoms with E-state index in [1.165, 1.54) is 0 Å². The largest absolute Gasteiger partial charge is 0.389 e. The fourth-order valence-electron chi connectivity index (χ4n) is 3.69. The molecule has 1 aliphatic heterocycles. The molecule has 1 saturated heterocycles. The highest BCUT2D eigenvalue weighted by Crippen LogP contribution is 2.25. The van der Waals surface area contributed by atoms with Crippen LogP contribution in [0.1, 0.15) is 56.2 Å². The number of amides is 1. The summed E-state index contributed by atoms with van der Waals surface area (Å²) in [4.78, 5) is 14.8. The zero-order valence-corrected chi connectivity index (χ0v) is 15.4. The van der Waals surface area contributed by atoms with Crippen LogP contribution in [0.2, 0.25) is 0 Å². The number of aromatic amines is 1. The van der Waals surface area contributed by atoms with Gasteiger partial charge in [-0.3, -0.25) is 14.8 Å². The van der Waals surface area contributed by atoms with Crippen LogP contribution in [-0.4, -0.2) is 70.6 Å². The number of morpholine rings is 1. The summed E-state index contributed by atoms with van der Waals surface area (Å²) in [5, 5.41) is 20.9. The first-order valence-corrected chi connectivity index (χ1v) is 9.23. The maximum Gasteiger partial charge on any atom is 0.272 e. The summed E-state index contributed by atoms with van der Waals surface area (Å²) in [6.07, 6.45) is 2.20. The van der Waals surface area contributed by atoms with Crippen molar-refractivity contribution in [1.29, 1.82) is 0 Å². The van der Waals surface area contributed by atoms with Gasteiger partial charge in [0.25, 0.3) is 5.91 Å². The van der Waals surface area contributed by atoms with E-state index in [0.29, 0.717) is 18.9 Å². The summed E-state index contributed by atoms with van der Waals surface area (Å²) in [5.74, 6) is -0.224. The van der Waals surface area contributed by atoms with Gasteiger partial charge in [0.15, 0.2) is 0 Å². The molecule has 0 radical (unpaired) electrons. The second-order valence-electron chi connectivity index (χ2n) is 8.13. The van der Waals surface area contributed by atoms with Crippen molar-refractivity contribution in [2.24, 2.45) is 0 Å². The Balaban J connectivity index is 1.63. The molecule has 3 atom stereocenters. The van der Waals surface area contributed by atoms with Crippen LogP contribution in [0.15, 0.2) is 6.07 Å². The molecule has 1 aromatic rings. The molecule has 7 heteroatoms. The van der Waals surface area contributed by atoms with E-state index in [1.807, 2.05) is 0 Å². The predicted octanol–water partition coefficient (Wildman–Crippen LogP) is 1.05. The Morgan fingerprint density at radius 3 is 2.72 bits per heavy atom. The van der Waals surface area contributed by atoms with Crippen molar-refractivity contribution in [3.05, 3.63) is 17.5 Å². The van der Waals surface area contributed by atoms with E-state index < -0.39 is 6.10 Å². The Morgan fingerprint density at radius 1 is 1.36 bits per heavy atom. The highest BCUT2D eigenvalue weighted by molar-refractivity contribution is 5.92. The lowest BCUT2D eigenvalue weighted by Gasteiger charge is -2.42. The van der Waals surface area contributed by atoms with Crippen LogP contribution in [0.5, 0.6) is 0 Å². The van der Waals surface area contributed by atoms with Crippen molar-refractivity contribution in [1.82, 2.24) is 20.4 Å². The first kappa shape index (κ1) is 18.4. The van der Waals surface area contributed by atoms with E-state index in [2.05, 4.69) is 41.2 Å². The van der Waals surface area contributed by atoms with Crippen LogP contribution in [0.4, 0.5) is 0 Å². The number of nitrogens with zero attached hydrogens (tertiary/aromatic N) is 2. The van der Waals surface area contributed by atoms with Crippen LogP contribution in [0.25, 0.3) is 0 Å². The van der Waals surface area contributed by atoms with E-state index in [-0.39, 0.29) is 23.4 Å². The molecule has 1 aromatic heterocycles. The summed E-state index contributed by atoms with van der Waals surface area (Å²) < 4.78 is 5.40. The highest BCUT2D eigenvalue weighted by atomic mass is 16.5. The number of nitrogens with one attached hydrogen (secondary N) is 2. The third kappa shape index (κ3) is 4.22. The van der Waals surface area contributed by atoms with E-state index in [0.717, 1.165) is 38.0 Å². The SMILES string of the molecule is CC(C)(C)c1cc(C(=O)N[C@@H]2CCC[C@@H](N3CCOCC3)[C@@H]2O)n[nH]1. The lowest BCUT2D eigenvalue weighted by Crippen LogP contribution is -2.58. The van der Waals surface area contributed by atoms with Gasteiger partial charge in [-0.05, 0) is 25.3 Å². The molecule has 0 bridgehead atoms. The molecule has 7 nitrogen and oxygen atoms in total. The lowest BCUT2D eigenvalue weighted by molar-refractivity contribution is -0.0459. The van der Waals surface area contributed by atoms with Gasteiger partial charge in [-0.1, -0.05) is 20.8 Å². The first-order valence-electron chi connectivity index (χ1n) is 9.23. The third-order valence-electron chi connectivity index (χ3n) is 5.27. The summed E-state index contributed by atoms with van der Waals surface area (Å²) in [7, 11) is 0. The number of H-pyrrole nitrogens is 1. The molecule has 0 unspecified atom stereocenters. The molecular weight excluding hydrogens is 320 g/mol. The summed E-state index contributed by atoms with van der Waals surface area (Å²) in [5.41, 5.74) is 1.22. The second kappa shape index (κ2) is 7.43. The zero-order valence-electron chi connectivity index (χ0n) is 15.4. The molecule has 140 valence electrons. The maximum absolute atomic E-state index is 12.5. The van der Waals surface area contributed by atoms with Crippen LogP contribution in [0, 0.1) is 0 Å². The van der Waals surface area contributed by atoms with Gasteiger partial charge in [0.1, 0.15) is 5.69 Å². The number of hydrogen-bond acceptors (Lipinski definition) is 5. The van der Waals surface area contributed by atoms with Crippen molar-refractivity contribution >= 4 is 5.91 Å². The van der Waals surface area contributed by atoms with E-state index >= 15 is 0 Å². The zero-order chi connectivity index (χ0) is 18.0. The van der Waals surface area contributed by atoms with E-state index in [1.54, 1.807) is 6.07 Å². The van der Waals surface area contributed by atoms with Crippen molar-refractivity contribution in [2.45, 2.75) is 63.6 Å². The van der Waals surface area contributed by atoms with Crippen LogP contribution in [0.3, 0.4) is 0 Å². The number of carbonyl (C=O) groups is 1. The molecule has 25 heavy (non-hydrogen) atoms. The van der Waals surface area contributed by atoms with Gasteiger partial charge in [-0.2, -0.15) is 5.10 Å². The molecule has 3 N–H and O–H groups in total. The highest BCUT2D eigenvalue weighted by Gasteiger charge is 2.37. The summed E-state index contributed by atoms with van der Waals surface area (Å²) >= 11 is 0. The number of carbonyl (C=O) groups excluding carboxylic acids is 1. The molecule has 2 fully saturated rings. The van der Waals surface area contributed by atoms with E-state index in [4.69, 9.17) is 4.74 Å². The smallest absolute Gasteiger partial charge is 0.272 e. The number of ether oxygens (including phenoxy) is 1. The molecular formula is C18H30N4O3. The molecule has 0 aromatic carbocycles. The van der Waals surface area contributed by atoms with Gasteiger partial charge in [0.05, 0.1) is 25.4 Å². The monoisotopic (exact) mass is 350 g/mol. The fourth-order valence-corrected chi connectivity index (χ4v) is 3.69. The van der Waals surface area contributed by atoms with Crippen molar-refractivity contribution < 1.29 is 14.6 Å². The van der Waals surface area contributed by atoms with Gasteiger partial charge in [-0.15, -0.1) is 0 Å². The quantitative estimate of drug-likeness (QED) is 0.758. The number of rotatable bonds is 3. The van der Waals surface area contributed by atoms with Gasteiger partial charge in [0.2, 0.25) is 0 Å². The van der Waals surface area contributed by atoms with Gasteiger partial charge in [0, 0.05) is 30.2 Å². The van der Waals surface area contributed by atoms with Crippen LogP contribution < -0.4 is 5.32 Å². The molecule has 2 aliphatic rings. The van der Waals surface area contributed by atoms with Crippen LogP contribution >= 0.6 is 0 Å². The molecule has 3 rings (SSSR count). The fraction of sp³-hybridized carbons (Fsp3) is 0.778. The number of aromatic nitrogens is 2. The topological polar surface area (TPSA) is 90.5 Å². The standard InChI is InChI=1S/C18H30N4O3/c1-18(2,3)15-11-13(20-21-15)17(24)19-12-5-4-6-14(16(12)23)22-7-9-25-10-8-22/h11-12,14,16,23H,4-10H2,1-3H3,(H,19,24)(H,20,21)/t12-,14-,16-/m1/s1. The van der Waals surface area contributed by atoms with Gasteiger partial charge >= 0.3 is 0 Å². The molecule has 1 aliphatic carbocycles. The van der Waals surface area contributed by atoms with Gasteiger partial charge in [-0.25, -0.2) is 0 Å². The summed E-state index contributed by atoms with van der Waals surface area (Å²) in [6.45, 7) is 9.32. The lowest BCUT2D eigenvalue weighted by atomic mass is 9.86. The van der Waals surface area contributed by atoms with Crippen molar-refractivity contribution in [2.75, 3.05) is 26.3 Å². The summed E-state index contributed by atoms with van der Waals surface area (Å²) in [6, 6.07) is 1.65. The van der Waals surface area contributed by atoms with Crippen molar-refractivity contribution in [3.8, 4) is 0 Å².